The highest BCUT2D eigenvalue weighted by molar-refractivity contribution is 5.14. The van der Waals surface area contributed by atoms with Crippen LogP contribution >= 0.6 is 0 Å². The predicted molar refractivity (Wildman–Crippen MR) is 45.9 cm³/mol. The van der Waals surface area contributed by atoms with Gasteiger partial charge in [0.15, 0.2) is 0 Å². The van der Waals surface area contributed by atoms with Crippen molar-refractivity contribution in [3.63, 3.8) is 0 Å². The van der Waals surface area contributed by atoms with Gasteiger partial charge < -0.3 is 0 Å². The molecule has 0 aromatic rings. The molecule has 0 heterocycles. The molecule has 1 aliphatic rings. The van der Waals surface area contributed by atoms with Crippen LogP contribution in [0.5, 0.6) is 0 Å². The van der Waals surface area contributed by atoms with E-state index in [1.165, 1.54) is 31.3 Å². The Morgan fingerprint density at radius 1 is 1.40 bits per heavy atom. The fraction of sp³-hybridized carbons (Fsp3) is 0.600. The second-order valence-electron chi connectivity index (χ2n) is 3.16. The maximum absolute atomic E-state index is 3.73. The standard InChI is InChI=1S/C10H16/c1-3-9(2)8-10-6-4-5-7-10/h3,8,10H,1,4-7H2,2H3/b9-8-. The zero-order valence-electron chi connectivity index (χ0n) is 6.77. The number of hydrogen-bond acceptors (Lipinski definition) is 0. The molecule has 0 aliphatic heterocycles. The zero-order chi connectivity index (χ0) is 7.40. The first kappa shape index (κ1) is 7.59. The van der Waals surface area contributed by atoms with E-state index in [0.717, 1.165) is 5.92 Å². The minimum absolute atomic E-state index is 0.859. The Kier molecular flexibility index (Phi) is 2.73. The van der Waals surface area contributed by atoms with Crippen LogP contribution in [0.1, 0.15) is 32.6 Å². The lowest BCUT2D eigenvalue weighted by Gasteiger charge is -2.00. The van der Waals surface area contributed by atoms with Crippen LogP contribution in [0.25, 0.3) is 0 Å². The summed E-state index contributed by atoms with van der Waals surface area (Å²) in [5.74, 6) is 0.859. The van der Waals surface area contributed by atoms with Crippen LogP contribution < -0.4 is 0 Å². The van der Waals surface area contributed by atoms with Crippen LogP contribution in [-0.2, 0) is 0 Å². The van der Waals surface area contributed by atoms with Gasteiger partial charge in [0.05, 0.1) is 0 Å². The van der Waals surface area contributed by atoms with Gasteiger partial charge in [-0.25, -0.2) is 0 Å². The highest BCUT2D eigenvalue weighted by Gasteiger charge is 2.11. The van der Waals surface area contributed by atoms with Gasteiger partial charge in [-0.2, -0.15) is 0 Å². The maximum atomic E-state index is 3.73. The van der Waals surface area contributed by atoms with E-state index in [1.807, 2.05) is 6.08 Å². The van der Waals surface area contributed by atoms with Gasteiger partial charge >= 0.3 is 0 Å². The first-order valence-corrected chi connectivity index (χ1v) is 4.14. The molecule has 0 radical (unpaired) electrons. The second-order valence-corrected chi connectivity index (χ2v) is 3.16. The van der Waals surface area contributed by atoms with Crippen LogP contribution in [0.3, 0.4) is 0 Å². The highest BCUT2D eigenvalue weighted by atomic mass is 14.2. The summed E-state index contributed by atoms with van der Waals surface area (Å²) in [4.78, 5) is 0. The van der Waals surface area contributed by atoms with Gasteiger partial charge in [-0.05, 0) is 25.7 Å². The molecular weight excluding hydrogens is 120 g/mol. The van der Waals surface area contributed by atoms with Crippen LogP contribution in [0.15, 0.2) is 24.3 Å². The van der Waals surface area contributed by atoms with Crippen LogP contribution in [0.4, 0.5) is 0 Å². The molecule has 0 unspecified atom stereocenters. The van der Waals surface area contributed by atoms with Crippen LogP contribution in [-0.4, -0.2) is 0 Å². The van der Waals surface area contributed by atoms with Gasteiger partial charge in [-0.3, -0.25) is 0 Å². The number of hydrogen-bond donors (Lipinski definition) is 0. The van der Waals surface area contributed by atoms with Crippen molar-refractivity contribution in [1.82, 2.24) is 0 Å². The van der Waals surface area contributed by atoms with E-state index in [-0.39, 0.29) is 0 Å². The van der Waals surface area contributed by atoms with Crippen LogP contribution in [0.2, 0.25) is 0 Å². The molecule has 0 saturated heterocycles. The minimum atomic E-state index is 0.859. The fourth-order valence-electron chi connectivity index (χ4n) is 1.56. The van der Waals surface area contributed by atoms with Crippen molar-refractivity contribution in [3.8, 4) is 0 Å². The Hall–Kier alpha value is -0.520. The van der Waals surface area contributed by atoms with Crippen molar-refractivity contribution in [2.75, 3.05) is 0 Å². The minimum Gasteiger partial charge on any atom is -0.0988 e. The van der Waals surface area contributed by atoms with E-state index in [2.05, 4.69) is 19.6 Å². The summed E-state index contributed by atoms with van der Waals surface area (Å²) < 4.78 is 0. The molecule has 0 aromatic carbocycles. The SMILES string of the molecule is C=C/C(C)=C\C1CCCC1. The second kappa shape index (κ2) is 3.60. The number of rotatable bonds is 2. The van der Waals surface area contributed by atoms with E-state index in [9.17, 15) is 0 Å². The summed E-state index contributed by atoms with van der Waals surface area (Å²) in [5, 5.41) is 0. The average Bonchev–Trinajstić information content (AvgIpc) is 2.40. The van der Waals surface area contributed by atoms with E-state index >= 15 is 0 Å². The van der Waals surface area contributed by atoms with E-state index < -0.39 is 0 Å². The van der Waals surface area contributed by atoms with Crippen molar-refractivity contribution < 1.29 is 0 Å². The largest absolute Gasteiger partial charge is 0.0988 e. The quantitative estimate of drug-likeness (QED) is 0.511. The van der Waals surface area contributed by atoms with E-state index in [4.69, 9.17) is 0 Å². The van der Waals surface area contributed by atoms with Crippen molar-refractivity contribution in [2.24, 2.45) is 5.92 Å². The van der Waals surface area contributed by atoms with Gasteiger partial charge in [-0.15, -0.1) is 0 Å². The van der Waals surface area contributed by atoms with E-state index in [0.29, 0.717) is 0 Å². The van der Waals surface area contributed by atoms with E-state index in [1.54, 1.807) is 0 Å². The average molecular weight is 136 g/mol. The molecular formula is C10H16. The Labute approximate surface area is 63.6 Å². The maximum Gasteiger partial charge on any atom is -0.0228 e. The topological polar surface area (TPSA) is 0 Å². The molecule has 0 nitrogen and oxygen atoms in total. The molecule has 1 rings (SSSR count). The molecule has 0 aromatic heterocycles. The van der Waals surface area contributed by atoms with Crippen LogP contribution in [0, 0.1) is 5.92 Å². The monoisotopic (exact) mass is 136 g/mol. The summed E-state index contributed by atoms with van der Waals surface area (Å²) in [6.45, 7) is 5.86. The predicted octanol–water partition coefficient (Wildman–Crippen LogP) is 3.31. The molecule has 0 amide bonds. The normalized spacial score (nSPS) is 21.5. The summed E-state index contributed by atoms with van der Waals surface area (Å²) in [6.07, 6.45) is 9.94. The lowest BCUT2D eigenvalue weighted by molar-refractivity contribution is 0.682. The summed E-state index contributed by atoms with van der Waals surface area (Å²) >= 11 is 0. The fourth-order valence-corrected chi connectivity index (χ4v) is 1.56. The van der Waals surface area contributed by atoms with Gasteiger partial charge in [0, 0.05) is 0 Å². The molecule has 0 N–H and O–H groups in total. The Bertz CT molecular complexity index is 136. The smallest absolute Gasteiger partial charge is 0.0228 e. The molecule has 0 atom stereocenters. The first-order valence-electron chi connectivity index (χ1n) is 4.14. The summed E-state index contributed by atoms with van der Waals surface area (Å²) in [5.41, 5.74) is 1.34. The van der Waals surface area contributed by atoms with Crippen molar-refractivity contribution >= 4 is 0 Å². The molecule has 0 bridgehead atoms. The Morgan fingerprint density at radius 2 is 2.00 bits per heavy atom. The zero-order valence-corrected chi connectivity index (χ0v) is 6.77. The lowest BCUT2D eigenvalue weighted by Crippen LogP contribution is -1.86. The van der Waals surface area contributed by atoms with Crippen molar-refractivity contribution in [2.45, 2.75) is 32.6 Å². The third-order valence-electron chi connectivity index (χ3n) is 2.22. The van der Waals surface area contributed by atoms with Crippen molar-refractivity contribution in [1.29, 1.82) is 0 Å². The van der Waals surface area contributed by atoms with Gasteiger partial charge in [0.1, 0.15) is 0 Å². The lowest BCUT2D eigenvalue weighted by atomic mass is 10.1. The summed E-state index contributed by atoms with van der Waals surface area (Å²) in [6, 6.07) is 0. The van der Waals surface area contributed by atoms with Gasteiger partial charge in [0.25, 0.3) is 0 Å². The molecule has 1 fully saturated rings. The Morgan fingerprint density at radius 3 is 2.50 bits per heavy atom. The molecule has 1 aliphatic carbocycles. The van der Waals surface area contributed by atoms with Gasteiger partial charge in [-0.1, -0.05) is 37.1 Å². The third-order valence-corrected chi connectivity index (χ3v) is 2.22. The Balaban J connectivity index is 2.42. The van der Waals surface area contributed by atoms with Gasteiger partial charge in [0.2, 0.25) is 0 Å². The molecule has 10 heavy (non-hydrogen) atoms. The number of allylic oxidation sites excluding steroid dienone is 3. The first-order chi connectivity index (χ1) is 4.83. The highest BCUT2D eigenvalue weighted by Crippen LogP contribution is 2.26. The molecule has 0 spiro atoms. The molecule has 0 heteroatoms. The summed E-state index contributed by atoms with van der Waals surface area (Å²) in [7, 11) is 0. The van der Waals surface area contributed by atoms with Crippen molar-refractivity contribution in [3.05, 3.63) is 24.3 Å². The third kappa shape index (κ3) is 2.02. The molecule has 1 saturated carbocycles. The molecule has 56 valence electrons.